The predicted octanol–water partition coefficient (Wildman–Crippen LogP) is 4.99. The van der Waals surface area contributed by atoms with Gasteiger partial charge in [-0.1, -0.05) is 13.0 Å². The maximum atomic E-state index is 11.9. The van der Waals surface area contributed by atoms with E-state index in [-0.39, 0.29) is 18.0 Å². The molecule has 31 heavy (non-hydrogen) atoms. The van der Waals surface area contributed by atoms with Crippen molar-refractivity contribution < 1.29 is 9.53 Å². The van der Waals surface area contributed by atoms with E-state index in [0.717, 1.165) is 11.4 Å². The van der Waals surface area contributed by atoms with Crippen molar-refractivity contribution in [3.8, 4) is 5.75 Å². The average molecular weight is 453 g/mol. The molecule has 1 saturated heterocycles. The number of hydrogen-bond acceptors (Lipinski definition) is 5. The third kappa shape index (κ3) is 4.13. The van der Waals surface area contributed by atoms with Crippen LogP contribution in [-0.2, 0) is 4.79 Å². The van der Waals surface area contributed by atoms with E-state index in [4.69, 9.17) is 17.0 Å². The van der Waals surface area contributed by atoms with Gasteiger partial charge >= 0.3 is 0 Å². The van der Waals surface area contributed by atoms with Gasteiger partial charge in [0.1, 0.15) is 5.75 Å². The first-order valence-corrected chi connectivity index (χ1v) is 11.3. The number of nitrogens with one attached hydrogen (secondary N) is 2. The number of thiophene rings is 1. The summed E-state index contributed by atoms with van der Waals surface area (Å²) in [4.78, 5) is 19.8. The molecule has 1 aromatic carbocycles. The quantitative estimate of drug-likeness (QED) is 0.514. The van der Waals surface area contributed by atoms with Crippen molar-refractivity contribution in [1.29, 1.82) is 0 Å². The number of carbonyl (C=O) groups is 1. The van der Waals surface area contributed by atoms with Gasteiger partial charge in [0.15, 0.2) is 5.11 Å². The highest BCUT2D eigenvalue weighted by atomic mass is 32.1. The molecule has 1 aliphatic heterocycles. The van der Waals surface area contributed by atoms with E-state index < -0.39 is 0 Å². The van der Waals surface area contributed by atoms with E-state index in [1.165, 1.54) is 10.4 Å². The van der Waals surface area contributed by atoms with Crippen LogP contribution in [0, 0.1) is 6.92 Å². The lowest BCUT2D eigenvalue weighted by Crippen LogP contribution is -2.29. The van der Waals surface area contributed by atoms with Gasteiger partial charge in [0.25, 0.3) is 0 Å². The normalized spacial score (nSPS) is 18.0. The van der Waals surface area contributed by atoms with Crippen molar-refractivity contribution in [2.75, 3.05) is 17.3 Å². The zero-order valence-corrected chi connectivity index (χ0v) is 19.2. The van der Waals surface area contributed by atoms with Crippen LogP contribution in [0.25, 0.3) is 0 Å². The zero-order valence-electron chi connectivity index (χ0n) is 17.6. The molecule has 4 rings (SSSR count). The number of aryl methyl sites for hydroxylation is 1. The summed E-state index contributed by atoms with van der Waals surface area (Å²) >= 11 is 7.49. The molecule has 6 nitrogen and oxygen atoms in total. The van der Waals surface area contributed by atoms with Crippen LogP contribution in [0.15, 0.2) is 54.0 Å². The van der Waals surface area contributed by atoms with Gasteiger partial charge in [-0.2, -0.15) is 0 Å². The van der Waals surface area contributed by atoms with Crippen LogP contribution in [0.1, 0.15) is 41.6 Å². The predicted molar refractivity (Wildman–Crippen MR) is 129 cm³/mol. The first-order chi connectivity index (χ1) is 15.0. The number of methoxy groups -OCH3 is 1. The van der Waals surface area contributed by atoms with Crippen LogP contribution >= 0.6 is 23.6 Å². The molecule has 2 atom stereocenters. The van der Waals surface area contributed by atoms with Crippen molar-refractivity contribution >= 4 is 45.9 Å². The second-order valence-corrected chi connectivity index (χ2v) is 8.59. The molecular weight excluding hydrogens is 428 g/mol. The number of rotatable bonds is 6. The molecule has 1 aliphatic rings. The number of amides is 1. The van der Waals surface area contributed by atoms with E-state index in [1.54, 1.807) is 24.6 Å². The number of benzene rings is 1. The number of anilines is 2. The van der Waals surface area contributed by atoms with Crippen molar-refractivity contribution in [3.05, 3.63) is 70.2 Å². The minimum atomic E-state index is -0.0866. The van der Waals surface area contributed by atoms with Gasteiger partial charge in [0.05, 0.1) is 30.6 Å². The SMILES string of the molecule is CCC(=O)Nc1ccc(N2C(=S)N[C@@H](c3ccccn3)[C@@H]2c2sccc2C)cc1OC. The summed E-state index contributed by atoms with van der Waals surface area (Å²) in [5, 5.41) is 9.08. The highest BCUT2D eigenvalue weighted by molar-refractivity contribution is 7.80. The molecule has 1 amide bonds. The van der Waals surface area contributed by atoms with E-state index in [2.05, 4.69) is 38.9 Å². The van der Waals surface area contributed by atoms with Gasteiger partial charge in [0.2, 0.25) is 5.91 Å². The maximum absolute atomic E-state index is 11.9. The highest BCUT2D eigenvalue weighted by Crippen LogP contribution is 2.45. The Morgan fingerprint density at radius 2 is 2.16 bits per heavy atom. The Balaban J connectivity index is 1.78. The number of carbonyl (C=O) groups excluding carboxylic acids is 1. The molecule has 3 aromatic rings. The summed E-state index contributed by atoms with van der Waals surface area (Å²) in [7, 11) is 1.60. The first kappa shape index (κ1) is 21.3. The Kier molecular flexibility index (Phi) is 6.20. The number of hydrogen-bond donors (Lipinski definition) is 2. The molecule has 8 heteroatoms. The lowest BCUT2D eigenvalue weighted by Gasteiger charge is -2.28. The maximum Gasteiger partial charge on any atom is 0.224 e. The van der Waals surface area contributed by atoms with Gasteiger partial charge in [-0.25, -0.2) is 0 Å². The molecule has 0 unspecified atom stereocenters. The molecule has 160 valence electrons. The molecule has 0 radical (unpaired) electrons. The van der Waals surface area contributed by atoms with Crippen molar-refractivity contribution in [2.45, 2.75) is 32.4 Å². The Morgan fingerprint density at radius 3 is 2.81 bits per heavy atom. The third-order valence-electron chi connectivity index (χ3n) is 5.33. The summed E-state index contributed by atoms with van der Waals surface area (Å²) in [6.07, 6.45) is 2.20. The summed E-state index contributed by atoms with van der Waals surface area (Å²) in [6.45, 7) is 3.93. The summed E-state index contributed by atoms with van der Waals surface area (Å²) in [5.41, 5.74) is 3.68. The number of ether oxygens (including phenoxy) is 1. The third-order valence-corrected chi connectivity index (χ3v) is 6.73. The molecule has 1 fully saturated rings. The molecule has 0 aliphatic carbocycles. The fraction of sp³-hybridized carbons (Fsp3) is 0.261. The lowest BCUT2D eigenvalue weighted by atomic mass is 10.0. The van der Waals surface area contributed by atoms with Crippen LogP contribution in [-0.4, -0.2) is 23.1 Å². The van der Waals surface area contributed by atoms with Crippen LogP contribution in [0.4, 0.5) is 11.4 Å². The topological polar surface area (TPSA) is 66.5 Å². The molecule has 0 bridgehead atoms. The van der Waals surface area contributed by atoms with Crippen LogP contribution < -0.4 is 20.3 Å². The van der Waals surface area contributed by atoms with Crippen molar-refractivity contribution in [2.24, 2.45) is 0 Å². The summed E-state index contributed by atoms with van der Waals surface area (Å²) in [5.74, 6) is 0.525. The Hall–Kier alpha value is -2.97. The fourth-order valence-electron chi connectivity index (χ4n) is 3.76. The van der Waals surface area contributed by atoms with Gasteiger partial charge < -0.3 is 20.3 Å². The minimum Gasteiger partial charge on any atom is -0.494 e. The standard InChI is InChI=1S/C23H24N4O2S2/c1-4-19(28)25-16-9-8-15(13-18(16)29-3)27-21(22-14(2)10-12-31-22)20(26-23(27)30)17-7-5-6-11-24-17/h5-13,20-21H,4H2,1-3H3,(H,25,28)(H,26,30)/t20-,21+/m0/s1. The minimum absolute atomic E-state index is 0.0526. The Bertz CT molecular complexity index is 1100. The van der Waals surface area contributed by atoms with E-state index in [9.17, 15) is 4.79 Å². The lowest BCUT2D eigenvalue weighted by molar-refractivity contribution is -0.115. The average Bonchev–Trinajstić information content (AvgIpc) is 3.36. The zero-order chi connectivity index (χ0) is 22.0. The van der Waals surface area contributed by atoms with E-state index >= 15 is 0 Å². The molecular formula is C23H24N4O2S2. The first-order valence-electron chi connectivity index (χ1n) is 10.1. The van der Waals surface area contributed by atoms with Crippen molar-refractivity contribution in [3.63, 3.8) is 0 Å². The summed E-state index contributed by atoms with van der Waals surface area (Å²) in [6, 6.07) is 13.6. The fourth-order valence-corrected chi connectivity index (χ4v) is 5.16. The Morgan fingerprint density at radius 1 is 1.32 bits per heavy atom. The Labute approximate surface area is 191 Å². The molecule has 0 spiro atoms. The van der Waals surface area contributed by atoms with Crippen LogP contribution in [0.3, 0.4) is 0 Å². The highest BCUT2D eigenvalue weighted by Gasteiger charge is 2.42. The monoisotopic (exact) mass is 452 g/mol. The number of nitrogens with zero attached hydrogens (tertiary/aromatic N) is 2. The molecule has 2 N–H and O–H groups in total. The second kappa shape index (κ2) is 9.03. The van der Waals surface area contributed by atoms with E-state index in [1.807, 2.05) is 43.3 Å². The van der Waals surface area contributed by atoms with Crippen molar-refractivity contribution in [1.82, 2.24) is 10.3 Å². The van der Waals surface area contributed by atoms with Gasteiger partial charge in [-0.15, -0.1) is 11.3 Å². The van der Waals surface area contributed by atoms with Crippen LogP contribution in [0.2, 0.25) is 0 Å². The molecule has 2 aromatic heterocycles. The number of thiocarbonyl (C=S) groups is 1. The number of aromatic nitrogens is 1. The van der Waals surface area contributed by atoms with Gasteiger partial charge in [-0.3, -0.25) is 9.78 Å². The van der Waals surface area contributed by atoms with E-state index in [0.29, 0.717) is 23.0 Å². The largest absolute Gasteiger partial charge is 0.494 e. The van der Waals surface area contributed by atoms with Gasteiger partial charge in [0, 0.05) is 29.2 Å². The van der Waals surface area contributed by atoms with Crippen LogP contribution in [0.5, 0.6) is 5.75 Å². The molecule has 0 saturated carbocycles. The second-order valence-electron chi connectivity index (χ2n) is 7.25. The number of pyridine rings is 1. The summed E-state index contributed by atoms with van der Waals surface area (Å²) < 4.78 is 5.57. The van der Waals surface area contributed by atoms with Gasteiger partial charge in [-0.05, 0) is 60.4 Å². The smallest absolute Gasteiger partial charge is 0.224 e. The molecule has 3 heterocycles.